The average molecular weight is 740 g/mol. The van der Waals surface area contributed by atoms with E-state index in [0.29, 0.717) is 31.7 Å². The van der Waals surface area contributed by atoms with Gasteiger partial charge in [0.1, 0.15) is 6.10 Å². The second kappa shape index (κ2) is 20.0. The number of hydrogen-bond acceptors (Lipinski definition) is 5. The van der Waals surface area contributed by atoms with Gasteiger partial charge in [-0.2, -0.15) is 0 Å². The SMILES string of the molecule is CCCCCCCCCCCCCCCCNC(=O)/C(CCC=C(C)C)=C1\[C@@H](OC(C)=O)C[C@@]2(C)[C@H]1C[C@@H](O)[C@H]1[C@@]3(C)CC[C@@H](O)[C@@H](C)[C@@H]3CC[C@@]12C. The molecule has 4 aliphatic carbocycles. The summed E-state index contributed by atoms with van der Waals surface area (Å²) in [7, 11) is 0. The Morgan fingerprint density at radius 2 is 1.40 bits per heavy atom. The number of unbranched alkanes of at least 4 members (excludes halogenated alkanes) is 13. The molecule has 1 amide bonds. The fourth-order valence-corrected chi connectivity index (χ4v) is 12.4. The number of rotatable bonds is 20. The van der Waals surface area contributed by atoms with Crippen LogP contribution in [0.15, 0.2) is 22.8 Å². The fraction of sp³-hybridized carbons (Fsp3) is 0.872. The van der Waals surface area contributed by atoms with Gasteiger partial charge in [0.05, 0.1) is 12.2 Å². The van der Waals surface area contributed by atoms with Crippen LogP contribution in [0, 0.1) is 39.9 Å². The van der Waals surface area contributed by atoms with Crippen LogP contribution in [0.2, 0.25) is 0 Å². The third kappa shape index (κ3) is 10.2. The summed E-state index contributed by atoms with van der Waals surface area (Å²) < 4.78 is 6.19. The molecule has 0 aromatic rings. The van der Waals surface area contributed by atoms with Crippen molar-refractivity contribution in [2.24, 2.45) is 39.9 Å². The predicted molar refractivity (Wildman–Crippen MR) is 218 cm³/mol. The number of ether oxygens (including phenoxy) is 1. The van der Waals surface area contributed by atoms with Gasteiger partial charge in [-0.3, -0.25) is 9.59 Å². The Labute approximate surface area is 325 Å². The number of esters is 1. The van der Waals surface area contributed by atoms with Gasteiger partial charge < -0.3 is 20.3 Å². The monoisotopic (exact) mass is 740 g/mol. The van der Waals surface area contributed by atoms with Crippen LogP contribution < -0.4 is 5.32 Å². The summed E-state index contributed by atoms with van der Waals surface area (Å²) in [6.45, 7) is 18.0. The lowest BCUT2D eigenvalue weighted by atomic mass is 9.36. The molecule has 0 radical (unpaired) electrons. The van der Waals surface area contributed by atoms with Gasteiger partial charge in [-0.15, -0.1) is 0 Å². The molecule has 6 heteroatoms. The molecule has 0 aromatic carbocycles. The van der Waals surface area contributed by atoms with Crippen LogP contribution in [0.4, 0.5) is 0 Å². The van der Waals surface area contributed by atoms with Crippen LogP contribution in [0.5, 0.6) is 0 Å². The number of nitrogens with one attached hydrogen (secondary N) is 1. The summed E-state index contributed by atoms with van der Waals surface area (Å²) in [5.41, 5.74) is 2.47. The minimum Gasteiger partial charge on any atom is -0.458 e. The highest BCUT2D eigenvalue weighted by Crippen LogP contribution is 2.74. The third-order valence-electron chi connectivity index (χ3n) is 15.4. The smallest absolute Gasteiger partial charge is 0.303 e. The topological polar surface area (TPSA) is 95.9 Å². The van der Waals surface area contributed by atoms with Crippen molar-refractivity contribution in [3.8, 4) is 0 Å². The zero-order valence-electron chi connectivity index (χ0n) is 35.5. The van der Waals surface area contributed by atoms with E-state index in [0.717, 1.165) is 56.1 Å². The van der Waals surface area contributed by atoms with E-state index in [1.807, 2.05) is 0 Å². The van der Waals surface area contributed by atoms with Crippen molar-refractivity contribution in [1.29, 1.82) is 0 Å². The molecule has 10 atom stereocenters. The summed E-state index contributed by atoms with van der Waals surface area (Å²) in [4.78, 5) is 27.0. The van der Waals surface area contributed by atoms with Crippen LogP contribution >= 0.6 is 0 Å². The fourth-order valence-electron chi connectivity index (χ4n) is 12.4. The molecule has 304 valence electrons. The van der Waals surface area contributed by atoms with Crippen LogP contribution in [-0.4, -0.2) is 46.9 Å². The zero-order chi connectivity index (χ0) is 38.8. The lowest BCUT2D eigenvalue weighted by Crippen LogP contribution is -2.65. The number of aliphatic hydroxyl groups excluding tert-OH is 2. The first-order chi connectivity index (χ1) is 25.2. The largest absolute Gasteiger partial charge is 0.458 e. The van der Waals surface area contributed by atoms with Gasteiger partial charge in [0.25, 0.3) is 0 Å². The van der Waals surface area contributed by atoms with Crippen molar-refractivity contribution >= 4 is 11.9 Å². The van der Waals surface area contributed by atoms with Crippen LogP contribution in [-0.2, 0) is 14.3 Å². The molecule has 4 saturated carbocycles. The van der Waals surface area contributed by atoms with Crippen LogP contribution in [0.3, 0.4) is 0 Å². The standard InChI is InChI=1S/C47H81NO5/c1-9-10-11-12-13-14-15-16-17-18-19-20-21-22-30-48-44(52)36(25-23-24-33(2)3)42-38-31-40(51)43-45(6)28-27-39(50)34(4)37(45)26-29-46(43,7)47(38,8)32-41(42)53-35(5)49/h24,34,37-41,43,50-51H,9-23,25-32H2,1-8H3,(H,48,52)/b42-36-/t34-,37-,38-,39+,40+,41-,43-,45-,46-,47-/m0/s1. The highest BCUT2D eigenvalue weighted by molar-refractivity contribution is 5.94. The Hall–Kier alpha value is -1.66. The molecule has 0 aromatic heterocycles. The summed E-state index contributed by atoms with van der Waals surface area (Å²) in [5.74, 6) is 0.308. The van der Waals surface area contributed by atoms with E-state index in [1.165, 1.54) is 89.5 Å². The zero-order valence-corrected chi connectivity index (χ0v) is 35.5. The Morgan fingerprint density at radius 1 is 0.811 bits per heavy atom. The van der Waals surface area contributed by atoms with Crippen LogP contribution in [0.1, 0.15) is 197 Å². The first-order valence-corrected chi connectivity index (χ1v) is 22.4. The van der Waals surface area contributed by atoms with Crippen molar-refractivity contribution in [3.05, 3.63) is 22.8 Å². The normalized spacial score (nSPS) is 35.8. The number of aliphatic hydroxyl groups is 2. The highest BCUT2D eigenvalue weighted by Gasteiger charge is 2.70. The molecular weight excluding hydrogens is 659 g/mol. The Morgan fingerprint density at radius 3 is 1.96 bits per heavy atom. The number of carbonyl (C=O) groups excluding carboxylic acids is 2. The molecule has 0 bridgehead atoms. The van der Waals surface area contributed by atoms with E-state index in [1.54, 1.807) is 0 Å². The average Bonchev–Trinajstić information content (AvgIpc) is 3.37. The van der Waals surface area contributed by atoms with E-state index in [2.05, 4.69) is 59.9 Å². The van der Waals surface area contributed by atoms with E-state index in [9.17, 15) is 19.8 Å². The quantitative estimate of drug-likeness (QED) is 0.0500. The maximum Gasteiger partial charge on any atom is 0.303 e. The van der Waals surface area contributed by atoms with Gasteiger partial charge >= 0.3 is 5.97 Å². The van der Waals surface area contributed by atoms with Gasteiger partial charge in [-0.05, 0) is 117 Å². The summed E-state index contributed by atoms with van der Waals surface area (Å²) in [6, 6.07) is 0. The molecular formula is C47H81NO5. The molecule has 0 saturated heterocycles. The second-order valence-electron chi connectivity index (χ2n) is 19.2. The Balaban J connectivity index is 1.45. The van der Waals surface area contributed by atoms with Crippen molar-refractivity contribution in [2.75, 3.05) is 6.54 Å². The first-order valence-electron chi connectivity index (χ1n) is 22.4. The van der Waals surface area contributed by atoms with E-state index < -0.39 is 12.2 Å². The number of fused-ring (bicyclic) bond motifs is 5. The molecule has 53 heavy (non-hydrogen) atoms. The van der Waals surface area contributed by atoms with Gasteiger partial charge in [0.2, 0.25) is 5.91 Å². The summed E-state index contributed by atoms with van der Waals surface area (Å²) in [6.07, 6.45) is 25.5. The molecule has 0 heterocycles. The summed E-state index contributed by atoms with van der Waals surface area (Å²) >= 11 is 0. The lowest BCUT2D eigenvalue weighted by molar-refractivity contribution is -0.234. The summed E-state index contributed by atoms with van der Waals surface area (Å²) in [5, 5.41) is 26.5. The first kappa shape index (κ1) is 44.1. The molecule has 6 nitrogen and oxygen atoms in total. The second-order valence-corrected chi connectivity index (χ2v) is 19.2. The maximum atomic E-state index is 14.3. The molecule has 3 N–H and O–H groups in total. The Bertz CT molecular complexity index is 1250. The van der Waals surface area contributed by atoms with Gasteiger partial charge in [-0.25, -0.2) is 0 Å². The Kier molecular flexibility index (Phi) is 16.6. The van der Waals surface area contributed by atoms with Crippen molar-refractivity contribution < 1.29 is 24.5 Å². The van der Waals surface area contributed by atoms with Crippen molar-refractivity contribution in [3.63, 3.8) is 0 Å². The number of carbonyl (C=O) groups is 2. The van der Waals surface area contributed by atoms with E-state index >= 15 is 0 Å². The molecule has 0 unspecified atom stereocenters. The third-order valence-corrected chi connectivity index (χ3v) is 15.4. The van der Waals surface area contributed by atoms with Crippen molar-refractivity contribution in [2.45, 2.75) is 215 Å². The van der Waals surface area contributed by atoms with Gasteiger partial charge in [0, 0.05) is 19.0 Å². The number of amides is 1. The van der Waals surface area contributed by atoms with Gasteiger partial charge in [0.15, 0.2) is 0 Å². The predicted octanol–water partition coefficient (Wildman–Crippen LogP) is 11.2. The molecule has 4 aliphatic rings. The minimum absolute atomic E-state index is 0.0224. The highest BCUT2D eigenvalue weighted by atomic mass is 16.5. The minimum atomic E-state index is -0.517. The van der Waals surface area contributed by atoms with Gasteiger partial charge in [-0.1, -0.05) is 130 Å². The maximum absolute atomic E-state index is 14.3. The molecule has 4 fully saturated rings. The number of hydrogen-bond donors (Lipinski definition) is 3. The van der Waals surface area contributed by atoms with E-state index in [-0.39, 0.29) is 52.0 Å². The molecule has 4 rings (SSSR count). The molecule has 0 spiro atoms. The van der Waals surface area contributed by atoms with Crippen molar-refractivity contribution in [1.82, 2.24) is 5.32 Å². The van der Waals surface area contributed by atoms with E-state index in [4.69, 9.17) is 4.74 Å². The lowest BCUT2D eigenvalue weighted by Gasteiger charge is -2.69. The van der Waals surface area contributed by atoms with Crippen LogP contribution in [0.25, 0.3) is 0 Å². The molecule has 0 aliphatic heterocycles. The number of allylic oxidation sites excluding steroid dienone is 2.